The first-order valence-corrected chi connectivity index (χ1v) is 3.75. The van der Waals surface area contributed by atoms with E-state index >= 15 is 0 Å². The molecule has 0 fully saturated rings. The SMILES string of the molecule is CC(C(=O)O)[C@]1(N)C=CC=NC1. The van der Waals surface area contributed by atoms with Crippen molar-refractivity contribution in [3.63, 3.8) is 0 Å². The van der Waals surface area contributed by atoms with E-state index in [0.29, 0.717) is 6.54 Å². The molecule has 3 N–H and O–H groups in total. The average Bonchev–Trinajstić information content (AvgIpc) is 2.04. The molecule has 1 aliphatic heterocycles. The summed E-state index contributed by atoms with van der Waals surface area (Å²) in [4.78, 5) is 14.6. The highest BCUT2D eigenvalue weighted by Gasteiger charge is 2.34. The van der Waals surface area contributed by atoms with Gasteiger partial charge in [0.25, 0.3) is 0 Å². The maximum atomic E-state index is 10.6. The number of nitrogens with two attached hydrogens (primary N) is 1. The number of dihydropyridines is 1. The molecule has 0 aliphatic carbocycles. The quantitative estimate of drug-likeness (QED) is 0.611. The molecule has 0 spiro atoms. The lowest BCUT2D eigenvalue weighted by molar-refractivity contribution is -0.142. The number of nitrogens with zero attached hydrogens (tertiary/aromatic N) is 1. The van der Waals surface area contributed by atoms with Crippen LogP contribution in [0.2, 0.25) is 0 Å². The third-order valence-corrected chi connectivity index (χ3v) is 2.14. The fourth-order valence-electron chi connectivity index (χ4n) is 1.06. The number of aliphatic imine (C=N–C) groups is 1. The van der Waals surface area contributed by atoms with Crippen LogP contribution in [0.25, 0.3) is 0 Å². The minimum absolute atomic E-state index is 0.344. The Morgan fingerprint density at radius 2 is 2.50 bits per heavy atom. The molecule has 0 saturated heterocycles. The Morgan fingerprint density at radius 3 is 2.92 bits per heavy atom. The molecular formula is C8H12N2O2. The number of carboxylic acids is 1. The molecule has 0 amide bonds. The molecule has 66 valence electrons. The summed E-state index contributed by atoms with van der Waals surface area (Å²) in [5, 5.41) is 8.73. The van der Waals surface area contributed by atoms with Gasteiger partial charge in [0.2, 0.25) is 0 Å². The van der Waals surface area contributed by atoms with Gasteiger partial charge in [0, 0.05) is 6.21 Å². The van der Waals surface area contributed by atoms with Crippen LogP contribution in [-0.2, 0) is 4.79 Å². The first kappa shape index (κ1) is 8.93. The van der Waals surface area contributed by atoms with Crippen LogP contribution in [0.1, 0.15) is 6.92 Å². The zero-order valence-electron chi connectivity index (χ0n) is 6.90. The van der Waals surface area contributed by atoms with Gasteiger partial charge in [-0.2, -0.15) is 0 Å². The van der Waals surface area contributed by atoms with Crippen LogP contribution in [-0.4, -0.2) is 29.4 Å². The van der Waals surface area contributed by atoms with Gasteiger partial charge in [-0.1, -0.05) is 6.08 Å². The molecule has 2 atom stereocenters. The molecule has 4 heteroatoms. The van der Waals surface area contributed by atoms with E-state index in [2.05, 4.69) is 4.99 Å². The smallest absolute Gasteiger partial charge is 0.308 e. The Kier molecular flexibility index (Phi) is 2.28. The second-order valence-corrected chi connectivity index (χ2v) is 3.02. The molecule has 0 aromatic carbocycles. The zero-order valence-corrected chi connectivity index (χ0v) is 6.90. The van der Waals surface area contributed by atoms with Crippen molar-refractivity contribution in [1.82, 2.24) is 0 Å². The fraction of sp³-hybridized carbons (Fsp3) is 0.500. The minimum Gasteiger partial charge on any atom is -0.481 e. The van der Waals surface area contributed by atoms with Gasteiger partial charge in [-0.3, -0.25) is 9.79 Å². The highest BCUT2D eigenvalue weighted by atomic mass is 16.4. The first-order chi connectivity index (χ1) is 5.56. The number of hydrogen-bond acceptors (Lipinski definition) is 3. The van der Waals surface area contributed by atoms with E-state index in [0.717, 1.165) is 0 Å². The third-order valence-electron chi connectivity index (χ3n) is 2.14. The molecule has 0 bridgehead atoms. The predicted molar refractivity (Wildman–Crippen MR) is 46.2 cm³/mol. The van der Waals surface area contributed by atoms with Gasteiger partial charge in [0.15, 0.2) is 0 Å². The molecule has 0 aromatic heterocycles. The van der Waals surface area contributed by atoms with Crippen LogP contribution in [0.4, 0.5) is 0 Å². The van der Waals surface area contributed by atoms with Gasteiger partial charge in [0.05, 0.1) is 18.0 Å². The van der Waals surface area contributed by atoms with E-state index < -0.39 is 17.4 Å². The van der Waals surface area contributed by atoms with E-state index in [-0.39, 0.29) is 0 Å². The molecule has 1 heterocycles. The van der Waals surface area contributed by atoms with Crippen LogP contribution >= 0.6 is 0 Å². The summed E-state index contributed by atoms with van der Waals surface area (Å²) in [5.41, 5.74) is 5.00. The predicted octanol–water partition coefficient (Wildman–Crippen LogP) is 0.0452. The van der Waals surface area contributed by atoms with Gasteiger partial charge in [-0.05, 0) is 13.0 Å². The van der Waals surface area contributed by atoms with E-state index in [1.807, 2.05) is 0 Å². The highest BCUT2D eigenvalue weighted by molar-refractivity contribution is 5.76. The summed E-state index contributed by atoms with van der Waals surface area (Å²) in [6, 6.07) is 0. The summed E-state index contributed by atoms with van der Waals surface area (Å²) in [6.07, 6.45) is 5.00. The van der Waals surface area contributed by atoms with Gasteiger partial charge in [-0.15, -0.1) is 0 Å². The summed E-state index contributed by atoms with van der Waals surface area (Å²) in [5.74, 6) is -1.49. The monoisotopic (exact) mass is 168 g/mol. The van der Waals surface area contributed by atoms with Crippen molar-refractivity contribution in [2.24, 2.45) is 16.6 Å². The highest BCUT2D eigenvalue weighted by Crippen LogP contribution is 2.18. The number of rotatable bonds is 2. The first-order valence-electron chi connectivity index (χ1n) is 3.75. The van der Waals surface area contributed by atoms with Crippen LogP contribution in [0, 0.1) is 5.92 Å². The average molecular weight is 168 g/mol. The normalized spacial score (nSPS) is 30.2. The van der Waals surface area contributed by atoms with E-state index in [1.54, 1.807) is 25.3 Å². The molecule has 1 aliphatic rings. The van der Waals surface area contributed by atoms with Crippen molar-refractivity contribution in [3.05, 3.63) is 12.2 Å². The zero-order chi connectivity index (χ0) is 9.19. The van der Waals surface area contributed by atoms with Gasteiger partial charge in [0.1, 0.15) is 0 Å². The van der Waals surface area contributed by atoms with E-state index in [1.165, 1.54) is 0 Å². The molecule has 4 nitrogen and oxygen atoms in total. The summed E-state index contributed by atoms with van der Waals surface area (Å²) >= 11 is 0. The maximum absolute atomic E-state index is 10.6. The van der Waals surface area contributed by atoms with Crippen molar-refractivity contribution >= 4 is 12.2 Å². The molecule has 0 aromatic rings. The molecule has 0 saturated carbocycles. The summed E-state index contributed by atoms with van der Waals surface area (Å²) in [6.45, 7) is 1.94. The molecule has 0 radical (unpaired) electrons. The second kappa shape index (κ2) is 3.06. The van der Waals surface area contributed by atoms with Crippen LogP contribution in [0.15, 0.2) is 17.1 Å². The standard InChI is InChI=1S/C8H12N2O2/c1-6(7(11)12)8(9)3-2-4-10-5-8/h2-4,6H,5,9H2,1H3,(H,11,12)/t6?,8-/m0/s1. The number of aliphatic carboxylic acids is 1. The van der Waals surface area contributed by atoms with Crippen molar-refractivity contribution < 1.29 is 9.90 Å². The van der Waals surface area contributed by atoms with Crippen molar-refractivity contribution in [3.8, 4) is 0 Å². The Bertz CT molecular complexity index is 247. The second-order valence-electron chi connectivity index (χ2n) is 3.02. The molecule has 12 heavy (non-hydrogen) atoms. The Balaban J connectivity index is 2.78. The van der Waals surface area contributed by atoms with Crippen LogP contribution in [0.3, 0.4) is 0 Å². The maximum Gasteiger partial charge on any atom is 0.308 e. The fourth-order valence-corrected chi connectivity index (χ4v) is 1.06. The van der Waals surface area contributed by atoms with Crippen molar-refractivity contribution in [2.75, 3.05) is 6.54 Å². The Morgan fingerprint density at radius 1 is 1.83 bits per heavy atom. The number of allylic oxidation sites excluding steroid dienone is 1. The topological polar surface area (TPSA) is 75.7 Å². The number of carbonyl (C=O) groups is 1. The van der Waals surface area contributed by atoms with Crippen LogP contribution in [0.5, 0.6) is 0 Å². The van der Waals surface area contributed by atoms with Crippen molar-refractivity contribution in [2.45, 2.75) is 12.5 Å². The van der Waals surface area contributed by atoms with Gasteiger partial charge >= 0.3 is 5.97 Å². The summed E-state index contributed by atoms with van der Waals surface area (Å²) < 4.78 is 0. The minimum atomic E-state index is -0.890. The lowest BCUT2D eigenvalue weighted by atomic mass is 9.85. The largest absolute Gasteiger partial charge is 0.481 e. The number of hydrogen-bond donors (Lipinski definition) is 2. The third kappa shape index (κ3) is 1.53. The number of carboxylic acid groups (broad SMARTS) is 1. The molecule has 1 rings (SSSR count). The Hall–Kier alpha value is -1.16. The van der Waals surface area contributed by atoms with Gasteiger partial charge in [-0.25, -0.2) is 0 Å². The lowest BCUT2D eigenvalue weighted by Gasteiger charge is -2.29. The van der Waals surface area contributed by atoms with Crippen LogP contribution < -0.4 is 5.73 Å². The Labute approximate surface area is 70.8 Å². The van der Waals surface area contributed by atoms with E-state index in [9.17, 15) is 4.79 Å². The van der Waals surface area contributed by atoms with Gasteiger partial charge < -0.3 is 10.8 Å². The molecule has 1 unspecified atom stereocenters. The van der Waals surface area contributed by atoms with Crippen molar-refractivity contribution in [1.29, 1.82) is 0 Å². The van der Waals surface area contributed by atoms with E-state index in [4.69, 9.17) is 10.8 Å². The molecular weight excluding hydrogens is 156 g/mol. The summed E-state index contributed by atoms with van der Waals surface area (Å²) in [7, 11) is 0. The lowest BCUT2D eigenvalue weighted by Crippen LogP contribution is -2.51.